The Hall–Kier alpha value is -5.03. The highest BCUT2D eigenvalue weighted by molar-refractivity contribution is 7.91. The van der Waals surface area contributed by atoms with Crippen molar-refractivity contribution in [3.05, 3.63) is 65.6 Å². The van der Waals surface area contributed by atoms with E-state index in [0.717, 1.165) is 30.5 Å². The Morgan fingerprint density at radius 3 is 2.52 bits per heavy atom. The minimum Gasteiger partial charge on any atom is -0.460 e. The van der Waals surface area contributed by atoms with E-state index in [1.54, 1.807) is 33.1 Å². The molecule has 3 fully saturated rings. The first kappa shape index (κ1) is 46.5. The van der Waals surface area contributed by atoms with Gasteiger partial charge in [-0.25, -0.2) is 22.2 Å². The number of esters is 1. The highest BCUT2D eigenvalue weighted by Crippen LogP contribution is 2.58. The minimum atomic E-state index is -3.99. The van der Waals surface area contributed by atoms with Gasteiger partial charge in [0.2, 0.25) is 21.8 Å². The summed E-state index contributed by atoms with van der Waals surface area (Å²) in [5.74, 6) is -5.07. The average Bonchev–Trinajstić information content (AvgIpc) is 3.90. The lowest BCUT2D eigenvalue weighted by atomic mass is 9.90. The molecule has 4 aliphatic rings. The summed E-state index contributed by atoms with van der Waals surface area (Å²) in [6.07, 6.45) is 7.30. The van der Waals surface area contributed by atoms with E-state index in [-0.39, 0.29) is 56.1 Å². The third-order valence-electron chi connectivity index (χ3n) is 13.2. The topological polar surface area (TPSA) is 167 Å². The van der Waals surface area contributed by atoms with E-state index in [9.17, 15) is 36.4 Å². The maximum atomic E-state index is 14.9. The van der Waals surface area contributed by atoms with Crippen molar-refractivity contribution in [2.24, 2.45) is 17.3 Å². The number of thiazole rings is 1. The second-order valence-electron chi connectivity index (χ2n) is 19.7. The Balaban J connectivity index is 1.12. The molecule has 8 rings (SSSR count). The van der Waals surface area contributed by atoms with Crippen LogP contribution in [0.2, 0.25) is 0 Å². The fraction of sp³-hybridized carbons (Fsp3) is 0.542. The highest BCUT2D eigenvalue weighted by Gasteiger charge is 2.62. The molecule has 4 aromatic rings. The third kappa shape index (κ3) is 9.63. The van der Waals surface area contributed by atoms with Crippen LogP contribution in [0.15, 0.2) is 53.9 Å². The van der Waals surface area contributed by atoms with E-state index in [1.165, 1.54) is 22.3 Å². The quantitative estimate of drug-likeness (QED) is 0.120. The number of halogens is 2. The summed E-state index contributed by atoms with van der Waals surface area (Å²) in [7, 11) is -3.99. The van der Waals surface area contributed by atoms with Crippen LogP contribution in [-0.2, 0) is 33.9 Å². The van der Waals surface area contributed by atoms with Gasteiger partial charge in [0.05, 0.1) is 40.4 Å². The predicted octanol–water partition coefficient (Wildman–Crippen LogP) is 8.87. The van der Waals surface area contributed by atoms with Crippen LogP contribution in [-0.4, -0.2) is 80.5 Å². The van der Waals surface area contributed by atoms with Gasteiger partial charge in [0.1, 0.15) is 22.2 Å². The molecule has 348 valence electrons. The molecule has 2 aromatic carbocycles. The van der Waals surface area contributed by atoms with E-state index in [0.29, 0.717) is 59.4 Å². The number of hydrogen-bond acceptors (Lipinski definition) is 11. The molecule has 1 N–H and O–H groups in total. The molecule has 13 nitrogen and oxygen atoms in total. The van der Waals surface area contributed by atoms with Gasteiger partial charge in [0, 0.05) is 41.3 Å². The number of carbonyl (C=O) groups is 4. The molecule has 0 bridgehead atoms. The minimum absolute atomic E-state index is 0.00640. The Bertz CT molecular complexity index is 2670. The fourth-order valence-corrected chi connectivity index (χ4v) is 11.4. The normalized spacial score (nSPS) is 25.3. The first-order chi connectivity index (χ1) is 30.7. The van der Waals surface area contributed by atoms with Crippen LogP contribution >= 0.6 is 11.3 Å². The smallest absolute Gasteiger partial charge is 0.307 e. The van der Waals surface area contributed by atoms with Gasteiger partial charge in [-0.2, -0.15) is 4.98 Å². The summed E-state index contributed by atoms with van der Waals surface area (Å²) in [5.41, 5.74) is 0.826. The predicted molar refractivity (Wildman–Crippen MR) is 242 cm³/mol. The Kier molecular flexibility index (Phi) is 12.6. The number of rotatable bonds is 10. The zero-order chi connectivity index (χ0) is 46.6. The highest BCUT2D eigenvalue weighted by atomic mass is 32.2. The van der Waals surface area contributed by atoms with Crippen LogP contribution in [0.4, 0.5) is 8.78 Å². The second kappa shape index (κ2) is 17.6. The number of nitrogens with one attached hydrogen (secondary N) is 1. The maximum Gasteiger partial charge on any atom is 0.307 e. The van der Waals surface area contributed by atoms with Gasteiger partial charge in [-0.3, -0.25) is 28.5 Å². The number of nitrogens with zero attached hydrogens (tertiary/aromatic N) is 4. The summed E-state index contributed by atoms with van der Waals surface area (Å²) in [6.45, 7) is 10.8. The Labute approximate surface area is 382 Å². The zero-order valence-electron chi connectivity index (χ0n) is 37.7. The number of fused-ring (bicyclic) bond motifs is 3. The fourth-order valence-electron chi connectivity index (χ4n) is 9.19. The number of Topliss-reactive ketones (excluding diaryl/α,β-unsaturated/α-hetero) is 1. The van der Waals surface area contributed by atoms with Gasteiger partial charge in [0.15, 0.2) is 17.4 Å². The molecule has 2 aliphatic carbocycles. The number of amides is 2. The van der Waals surface area contributed by atoms with Crippen LogP contribution in [0.3, 0.4) is 0 Å². The average molecular weight is 934 g/mol. The van der Waals surface area contributed by atoms with Crippen LogP contribution in [0.25, 0.3) is 32.9 Å². The standard InChI is InChI=1S/C48H57F2N5O8S2/c1-28(2)55-37-16-12-15-33(42-51-36(27-64-42)29-17-18-34(49)35(50)21-29)41(37)52-45(55)62-32-23-38-39(56)25-48(44(59)53-65(60,61)47(6)19-20-47)24-31(48)14-11-9-7-8-10-13-30(43(58)54(38)26-32)22-40(57)63-46(3,4)5/h11-12,14-18,21,27-28,30-32,38H,7-10,13,19-20,22-26H2,1-6H3,(H,53,59)/b14-11-/t30-,31-,32-,38+,48-/m1/s1. The number of benzene rings is 2. The molecular weight excluding hydrogens is 877 g/mol. The lowest BCUT2D eigenvalue weighted by Crippen LogP contribution is -2.47. The molecule has 0 radical (unpaired) electrons. The number of aromatic nitrogens is 3. The molecule has 4 heterocycles. The monoisotopic (exact) mass is 933 g/mol. The summed E-state index contributed by atoms with van der Waals surface area (Å²) >= 11 is 1.33. The van der Waals surface area contributed by atoms with E-state index in [1.807, 2.05) is 48.8 Å². The number of hydrogen-bond donors (Lipinski definition) is 1. The van der Waals surface area contributed by atoms with Gasteiger partial charge in [-0.05, 0) is 116 Å². The molecule has 5 atom stereocenters. The van der Waals surface area contributed by atoms with Crippen LogP contribution < -0.4 is 9.46 Å². The molecule has 0 spiro atoms. The lowest BCUT2D eigenvalue weighted by molar-refractivity contribution is -0.159. The third-order valence-corrected chi connectivity index (χ3v) is 16.3. The van der Waals surface area contributed by atoms with Crippen molar-refractivity contribution in [1.82, 2.24) is 24.2 Å². The number of imidazole rings is 1. The van der Waals surface area contributed by atoms with Crippen molar-refractivity contribution in [3.63, 3.8) is 0 Å². The number of ether oxygens (including phenoxy) is 2. The summed E-state index contributed by atoms with van der Waals surface area (Å²) in [4.78, 5) is 68.3. The van der Waals surface area contributed by atoms with E-state index in [2.05, 4.69) is 4.72 Å². The van der Waals surface area contributed by atoms with Gasteiger partial charge in [0.25, 0.3) is 6.01 Å². The molecule has 17 heteroatoms. The molecule has 2 saturated carbocycles. The van der Waals surface area contributed by atoms with E-state index >= 15 is 0 Å². The molecule has 0 unspecified atom stereocenters. The number of ketones is 1. The van der Waals surface area contributed by atoms with Gasteiger partial charge in [-0.15, -0.1) is 11.3 Å². The van der Waals surface area contributed by atoms with Crippen molar-refractivity contribution in [3.8, 4) is 27.8 Å². The largest absolute Gasteiger partial charge is 0.460 e. The molecule has 65 heavy (non-hydrogen) atoms. The van der Waals surface area contributed by atoms with Crippen LogP contribution in [0.5, 0.6) is 6.01 Å². The summed E-state index contributed by atoms with van der Waals surface area (Å²) in [6, 6.07) is 8.34. The van der Waals surface area contributed by atoms with Crippen molar-refractivity contribution < 1.29 is 45.9 Å². The van der Waals surface area contributed by atoms with Crippen LogP contribution in [0.1, 0.15) is 118 Å². The molecule has 2 aliphatic heterocycles. The summed E-state index contributed by atoms with van der Waals surface area (Å²) in [5, 5.41) is 2.36. The molecule has 2 aromatic heterocycles. The van der Waals surface area contributed by atoms with Crippen molar-refractivity contribution in [2.75, 3.05) is 6.54 Å². The molecular formula is C48H57F2N5O8S2. The van der Waals surface area contributed by atoms with E-state index < -0.39 is 73.1 Å². The van der Waals surface area contributed by atoms with Crippen molar-refractivity contribution in [1.29, 1.82) is 0 Å². The first-order valence-corrected chi connectivity index (χ1v) is 24.9. The Morgan fingerprint density at radius 1 is 1.05 bits per heavy atom. The number of para-hydroxylation sites is 1. The van der Waals surface area contributed by atoms with Crippen LogP contribution in [0, 0.1) is 28.9 Å². The number of carbonyl (C=O) groups excluding carboxylic acids is 4. The van der Waals surface area contributed by atoms with Gasteiger partial charge in [-0.1, -0.05) is 31.1 Å². The Morgan fingerprint density at radius 2 is 1.82 bits per heavy atom. The molecule has 2 amide bonds. The van der Waals surface area contributed by atoms with Crippen molar-refractivity contribution >= 4 is 56.0 Å². The van der Waals surface area contributed by atoms with E-state index in [4.69, 9.17) is 19.4 Å². The lowest BCUT2D eigenvalue weighted by Gasteiger charge is -2.29. The summed E-state index contributed by atoms with van der Waals surface area (Å²) < 4.78 is 70.1. The van der Waals surface area contributed by atoms with Gasteiger partial charge < -0.3 is 14.4 Å². The number of sulfonamides is 1. The van der Waals surface area contributed by atoms with Crippen molar-refractivity contribution in [2.45, 2.75) is 141 Å². The zero-order valence-corrected chi connectivity index (χ0v) is 39.3. The molecule has 1 saturated heterocycles. The first-order valence-electron chi connectivity index (χ1n) is 22.6. The SMILES string of the molecule is CC(C)n1c(O[C@@H]2C[C@H]3C(=O)C[C@]4(C(=O)NS(=O)(=O)C5(C)CC5)C[C@H]4/C=C\CCCCC[C@H](CC(=O)OC(C)(C)C)C(=O)N3C2)nc2c(-c3nc(-c4ccc(F)c(F)c4)cs3)cccc21. The maximum absolute atomic E-state index is 14.9. The second-order valence-corrected chi connectivity index (χ2v) is 22.8. The van der Waals surface area contributed by atoms with Gasteiger partial charge >= 0.3 is 5.97 Å². The number of allylic oxidation sites excluding steroid dienone is 2.